The van der Waals surface area contributed by atoms with Gasteiger partial charge >= 0.3 is 5.97 Å². The molecule has 200 valence electrons. The minimum atomic E-state index is -0.449. The maximum absolute atomic E-state index is 12.8. The van der Waals surface area contributed by atoms with Crippen molar-refractivity contribution in [1.29, 1.82) is 0 Å². The van der Waals surface area contributed by atoms with Gasteiger partial charge in [0.2, 0.25) is 5.91 Å². The molecular formula is C28H33N5O4S. The number of nitrogens with one attached hydrogen (secondary N) is 2. The van der Waals surface area contributed by atoms with Crippen molar-refractivity contribution in [1.82, 2.24) is 20.1 Å². The molecule has 10 heteroatoms. The van der Waals surface area contributed by atoms with Crippen LogP contribution in [0.15, 0.2) is 72.4 Å². The third-order valence-corrected chi connectivity index (χ3v) is 6.35. The fourth-order valence-electron chi connectivity index (χ4n) is 3.61. The van der Waals surface area contributed by atoms with E-state index >= 15 is 0 Å². The van der Waals surface area contributed by atoms with Crippen molar-refractivity contribution in [2.75, 3.05) is 11.1 Å². The van der Waals surface area contributed by atoms with E-state index < -0.39 is 12.0 Å². The van der Waals surface area contributed by atoms with E-state index in [1.54, 1.807) is 56.3 Å². The number of thioether (sulfide) groups is 1. The molecule has 0 radical (unpaired) electrons. The summed E-state index contributed by atoms with van der Waals surface area (Å²) in [5.41, 5.74) is 1.41. The summed E-state index contributed by atoms with van der Waals surface area (Å²) in [6.45, 7) is 11.8. The SMILES string of the molecule is C=CCn1c(SCC(=O)Nc2cccc(C(=O)OC(C)C)c2)nnc1[C@@H](NC(=O)c1ccccc1)C(C)C. The first-order valence-corrected chi connectivity index (χ1v) is 13.3. The summed E-state index contributed by atoms with van der Waals surface area (Å²) in [6.07, 6.45) is 1.48. The lowest BCUT2D eigenvalue weighted by molar-refractivity contribution is -0.113. The van der Waals surface area contributed by atoms with Gasteiger partial charge in [-0.05, 0) is 50.1 Å². The van der Waals surface area contributed by atoms with Crippen LogP contribution in [0.3, 0.4) is 0 Å². The zero-order valence-electron chi connectivity index (χ0n) is 22.0. The molecule has 38 heavy (non-hydrogen) atoms. The quantitative estimate of drug-likeness (QED) is 0.193. The third-order valence-electron chi connectivity index (χ3n) is 5.38. The summed E-state index contributed by atoms with van der Waals surface area (Å²) in [6, 6.07) is 15.2. The maximum atomic E-state index is 12.8. The molecular weight excluding hydrogens is 502 g/mol. The molecule has 2 N–H and O–H groups in total. The van der Waals surface area contributed by atoms with Crippen LogP contribution in [0.2, 0.25) is 0 Å². The zero-order chi connectivity index (χ0) is 27.7. The Morgan fingerprint density at radius 2 is 1.74 bits per heavy atom. The van der Waals surface area contributed by atoms with E-state index in [2.05, 4.69) is 27.4 Å². The van der Waals surface area contributed by atoms with Gasteiger partial charge in [0, 0.05) is 17.8 Å². The minimum Gasteiger partial charge on any atom is -0.459 e. The van der Waals surface area contributed by atoms with Crippen LogP contribution in [-0.2, 0) is 16.1 Å². The van der Waals surface area contributed by atoms with Gasteiger partial charge in [-0.2, -0.15) is 0 Å². The number of anilines is 1. The highest BCUT2D eigenvalue weighted by Crippen LogP contribution is 2.26. The molecule has 1 atom stereocenters. The Kier molecular flexibility index (Phi) is 10.2. The first kappa shape index (κ1) is 28.6. The number of hydrogen-bond donors (Lipinski definition) is 2. The summed E-state index contributed by atoms with van der Waals surface area (Å²) in [7, 11) is 0. The van der Waals surface area contributed by atoms with Gasteiger partial charge in [0.15, 0.2) is 11.0 Å². The molecule has 0 spiro atoms. The van der Waals surface area contributed by atoms with Gasteiger partial charge in [0.1, 0.15) is 0 Å². The van der Waals surface area contributed by atoms with Gasteiger partial charge < -0.3 is 19.9 Å². The topological polar surface area (TPSA) is 115 Å². The molecule has 0 aliphatic heterocycles. The Labute approximate surface area is 227 Å². The number of carbonyl (C=O) groups excluding carboxylic acids is 3. The molecule has 0 aliphatic carbocycles. The predicted molar refractivity (Wildman–Crippen MR) is 148 cm³/mol. The number of carbonyl (C=O) groups is 3. The number of rotatable bonds is 12. The second-order valence-electron chi connectivity index (χ2n) is 9.17. The van der Waals surface area contributed by atoms with E-state index in [-0.39, 0.29) is 29.6 Å². The summed E-state index contributed by atoms with van der Waals surface area (Å²) in [5.74, 6) is -0.231. The highest BCUT2D eigenvalue weighted by Gasteiger charge is 2.26. The predicted octanol–water partition coefficient (Wildman–Crippen LogP) is 4.89. The Hall–Kier alpha value is -3.92. The molecule has 0 unspecified atom stereocenters. The van der Waals surface area contributed by atoms with E-state index in [1.807, 2.05) is 36.6 Å². The molecule has 0 saturated heterocycles. The third kappa shape index (κ3) is 7.79. The van der Waals surface area contributed by atoms with Crippen LogP contribution in [0.4, 0.5) is 5.69 Å². The van der Waals surface area contributed by atoms with E-state index in [4.69, 9.17) is 4.74 Å². The van der Waals surface area contributed by atoms with E-state index in [1.165, 1.54) is 11.8 Å². The molecule has 3 rings (SSSR count). The van der Waals surface area contributed by atoms with Crippen molar-refractivity contribution in [2.24, 2.45) is 5.92 Å². The molecule has 3 aromatic rings. The lowest BCUT2D eigenvalue weighted by Crippen LogP contribution is -2.33. The van der Waals surface area contributed by atoms with Gasteiger partial charge in [-0.3, -0.25) is 9.59 Å². The van der Waals surface area contributed by atoms with Crippen LogP contribution in [0.5, 0.6) is 0 Å². The molecule has 0 bridgehead atoms. The normalized spacial score (nSPS) is 11.7. The number of nitrogens with zero attached hydrogens (tertiary/aromatic N) is 3. The monoisotopic (exact) mass is 535 g/mol. The molecule has 1 heterocycles. The van der Waals surface area contributed by atoms with E-state index in [0.29, 0.717) is 34.3 Å². The van der Waals surface area contributed by atoms with Crippen molar-refractivity contribution in [2.45, 2.75) is 51.5 Å². The van der Waals surface area contributed by atoms with Gasteiger partial charge in [-0.25, -0.2) is 4.79 Å². The summed E-state index contributed by atoms with van der Waals surface area (Å²) < 4.78 is 7.07. The van der Waals surface area contributed by atoms with Crippen LogP contribution in [0.1, 0.15) is 60.3 Å². The largest absolute Gasteiger partial charge is 0.459 e. The number of aromatic nitrogens is 3. The number of esters is 1. The van der Waals surface area contributed by atoms with Crippen LogP contribution >= 0.6 is 11.8 Å². The van der Waals surface area contributed by atoms with Gasteiger partial charge in [-0.15, -0.1) is 16.8 Å². The van der Waals surface area contributed by atoms with Crippen molar-refractivity contribution in [3.8, 4) is 0 Å². The second-order valence-corrected chi connectivity index (χ2v) is 10.1. The van der Waals surface area contributed by atoms with Crippen molar-refractivity contribution in [3.63, 3.8) is 0 Å². The molecule has 2 amide bonds. The Balaban J connectivity index is 1.70. The van der Waals surface area contributed by atoms with Gasteiger partial charge in [0.25, 0.3) is 5.91 Å². The molecule has 2 aromatic carbocycles. The summed E-state index contributed by atoms with van der Waals surface area (Å²) in [4.78, 5) is 37.7. The van der Waals surface area contributed by atoms with Crippen molar-refractivity contribution >= 4 is 35.2 Å². The van der Waals surface area contributed by atoms with Gasteiger partial charge in [-0.1, -0.05) is 56.0 Å². The average Bonchev–Trinajstić information content (AvgIpc) is 3.28. The average molecular weight is 536 g/mol. The molecule has 0 aliphatic rings. The Morgan fingerprint density at radius 1 is 1.03 bits per heavy atom. The maximum Gasteiger partial charge on any atom is 0.338 e. The smallest absolute Gasteiger partial charge is 0.338 e. The van der Waals surface area contributed by atoms with Crippen molar-refractivity contribution < 1.29 is 19.1 Å². The first-order chi connectivity index (χ1) is 18.2. The molecule has 9 nitrogen and oxygen atoms in total. The van der Waals surface area contributed by atoms with E-state index in [0.717, 1.165) is 0 Å². The number of amides is 2. The fourth-order valence-corrected chi connectivity index (χ4v) is 4.37. The van der Waals surface area contributed by atoms with E-state index in [9.17, 15) is 14.4 Å². The standard InChI is InChI=1S/C28H33N5O4S/c1-6-15-33-25(24(18(2)3)30-26(35)20-11-8-7-9-12-20)31-32-28(33)38-17-23(34)29-22-14-10-13-21(16-22)27(36)37-19(4)5/h6-14,16,18-19,24H,1,15,17H2,2-5H3,(H,29,34)(H,30,35)/t24-/m0/s1. The molecule has 0 saturated carbocycles. The fraction of sp³-hybridized carbons (Fsp3) is 0.321. The van der Waals surface area contributed by atoms with Crippen LogP contribution in [0.25, 0.3) is 0 Å². The lowest BCUT2D eigenvalue weighted by atomic mass is 10.0. The summed E-state index contributed by atoms with van der Waals surface area (Å²) in [5, 5.41) is 15.1. The zero-order valence-corrected chi connectivity index (χ0v) is 22.8. The van der Waals surface area contributed by atoms with Crippen LogP contribution in [0, 0.1) is 5.92 Å². The number of benzene rings is 2. The lowest BCUT2D eigenvalue weighted by Gasteiger charge is -2.22. The highest BCUT2D eigenvalue weighted by atomic mass is 32.2. The number of ether oxygens (including phenoxy) is 1. The second kappa shape index (κ2) is 13.6. The van der Waals surface area contributed by atoms with Crippen LogP contribution in [-0.4, -0.2) is 44.4 Å². The molecule has 1 aromatic heterocycles. The Bertz CT molecular complexity index is 1270. The van der Waals surface area contributed by atoms with Gasteiger partial charge in [0.05, 0.1) is 23.5 Å². The molecule has 0 fully saturated rings. The highest BCUT2D eigenvalue weighted by molar-refractivity contribution is 7.99. The number of allylic oxidation sites excluding steroid dienone is 1. The van der Waals surface area contributed by atoms with Crippen molar-refractivity contribution in [3.05, 3.63) is 84.2 Å². The number of hydrogen-bond acceptors (Lipinski definition) is 7. The summed E-state index contributed by atoms with van der Waals surface area (Å²) >= 11 is 1.22. The first-order valence-electron chi connectivity index (χ1n) is 12.3. The minimum absolute atomic E-state index is 0.0336. The van der Waals surface area contributed by atoms with Crippen LogP contribution < -0.4 is 10.6 Å². The Morgan fingerprint density at radius 3 is 2.39 bits per heavy atom.